The number of carboxylic acid groups (broad SMARTS) is 1. The Bertz CT molecular complexity index is 329. The second-order valence-corrected chi connectivity index (χ2v) is 4.88. The van der Waals surface area contributed by atoms with Crippen LogP contribution in [0.4, 0.5) is 0 Å². The third kappa shape index (κ3) is 6.96. The average molecular weight is 270 g/mol. The van der Waals surface area contributed by atoms with E-state index in [1.165, 1.54) is 0 Å². The molecule has 0 aliphatic heterocycles. The molecule has 0 radical (unpaired) electrons. The zero-order valence-corrected chi connectivity index (χ0v) is 12.5. The number of nitrogens with zero attached hydrogens (tertiary/aromatic N) is 2. The van der Waals surface area contributed by atoms with Crippen molar-refractivity contribution in [3.63, 3.8) is 0 Å². The smallest absolute Gasteiger partial charge is 0.304 e. The monoisotopic (exact) mass is 270 g/mol. The van der Waals surface area contributed by atoms with E-state index in [-0.39, 0.29) is 24.9 Å². The van der Waals surface area contributed by atoms with Crippen LogP contribution in [0.3, 0.4) is 0 Å². The van der Waals surface area contributed by atoms with E-state index in [0.717, 1.165) is 5.57 Å². The Hall–Kier alpha value is -1.36. The van der Waals surface area contributed by atoms with Crippen molar-refractivity contribution in [1.29, 1.82) is 0 Å². The predicted octanol–water partition coefficient (Wildman–Crippen LogP) is 1.60. The fourth-order valence-electron chi connectivity index (χ4n) is 1.94. The number of carbonyl (C=O) groups excluding carboxylic acids is 1. The van der Waals surface area contributed by atoms with Crippen molar-refractivity contribution in [2.45, 2.75) is 40.2 Å². The quantitative estimate of drug-likeness (QED) is 0.646. The van der Waals surface area contributed by atoms with E-state index >= 15 is 0 Å². The number of aliphatic carboxylic acids is 1. The Kier molecular flexibility index (Phi) is 8.07. The van der Waals surface area contributed by atoms with E-state index in [2.05, 4.69) is 6.58 Å². The third-order valence-corrected chi connectivity index (χ3v) is 3.03. The van der Waals surface area contributed by atoms with E-state index < -0.39 is 5.97 Å². The largest absolute Gasteiger partial charge is 0.481 e. The average Bonchev–Trinajstić information content (AvgIpc) is 2.31. The molecule has 0 heterocycles. The molecule has 0 rings (SSSR count). The lowest BCUT2D eigenvalue weighted by Crippen LogP contribution is -2.44. The Balaban J connectivity index is 4.54. The van der Waals surface area contributed by atoms with Crippen molar-refractivity contribution >= 4 is 11.9 Å². The van der Waals surface area contributed by atoms with Crippen molar-refractivity contribution < 1.29 is 14.7 Å². The molecule has 0 saturated carbocycles. The fraction of sp³-hybridized carbons (Fsp3) is 0.714. The zero-order chi connectivity index (χ0) is 15.0. The second kappa shape index (κ2) is 8.69. The molecule has 1 atom stereocenters. The first-order valence-electron chi connectivity index (χ1n) is 6.69. The summed E-state index contributed by atoms with van der Waals surface area (Å²) in [6.45, 7) is 13.5. The summed E-state index contributed by atoms with van der Waals surface area (Å²) in [5.74, 6) is -0.822. The minimum absolute atomic E-state index is 0.0181. The highest BCUT2D eigenvalue weighted by atomic mass is 16.4. The van der Waals surface area contributed by atoms with E-state index in [1.54, 1.807) is 4.90 Å². The maximum Gasteiger partial charge on any atom is 0.304 e. The summed E-state index contributed by atoms with van der Waals surface area (Å²) in [4.78, 5) is 26.5. The van der Waals surface area contributed by atoms with Crippen LogP contribution in [-0.4, -0.2) is 59.0 Å². The summed E-state index contributed by atoms with van der Waals surface area (Å²) in [7, 11) is 0. The molecule has 0 bridgehead atoms. The van der Waals surface area contributed by atoms with Crippen LogP contribution >= 0.6 is 0 Å². The first-order valence-corrected chi connectivity index (χ1v) is 6.69. The highest BCUT2D eigenvalue weighted by Crippen LogP contribution is 2.06. The molecular formula is C14H26N2O3. The van der Waals surface area contributed by atoms with Crippen LogP contribution in [0.2, 0.25) is 0 Å². The number of amides is 1. The maximum absolute atomic E-state index is 12.2. The van der Waals surface area contributed by atoms with Crippen LogP contribution in [0.1, 0.15) is 34.1 Å². The number of rotatable bonds is 9. The molecule has 0 aromatic carbocycles. The van der Waals surface area contributed by atoms with Gasteiger partial charge in [-0.15, -0.1) is 0 Å². The summed E-state index contributed by atoms with van der Waals surface area (Å²) in [6.07, 6.45) is 0.0493. The Morgan fingerprint density at radius 3 is 2.16 bits per heavy atom. The molecule has 1 amide bonds. The van der Waals surface area contributed by atoms with Gasteiger partial charge in [-0.3, -0.25) is 14.5 Å². The van der Waals surface area contributed by atoms with Gasteiger partial charge in [0.05, 0.1) is 13.0 Å². The van der Waals surface area contributed by atoms with Gasteiger partial charge in [0.15, 0.2) is 0 Å². The van der Waals surface area contributed by atoms with Crippen molar-refractivity contribution in [2.75, 3.05) is 26.2 Å². The van der Waals surface area contributed by atoms with Gasteiger partial charge in [-0.1, -0.05) is 19.1 Å². The van der Waals surface area contributed by atoms with Crippen LogP contribution in [0, 0.1) is 0 Å². The van der Waals surface area contributed by atoms with Crippen LogP contribution < -0.4 is 0 Å². The first-order chi connectivity index (χ1) is 8.81. The Labute approximate surface area is 115 Å². The normalized spacial score (nSPS) is 12.3. The molecular weight excluding hydrogens is 244 g/mol. The highest BCUT2D eigenvalue weighted by Gasteiger charge is 2.20. The molecule has 0 aliphatic carbocycles. The highest BCUT2D eigenvalue weighted by molar-refractivity contribution is 5.78. The SMILES string of the molecule is C=C(C)CN(CC)C(=O)CN(CC)C(C)CC(=O)O. The maximum atomic E-state index is 12.2. The second-order valence-electron chi connectivity index (χ2n) is 4.88. The molecule has 0 aliphatic rings. The molecule has 5 nitrogen and oxygen atoms in total. The van der Waals surface area contributed by atoms with E-state index in [0.29, 0.717) is 19.6 Å². The Morgan fingerprint density at radius 2 is 1.79 bits per heavy atom. The lowest BCUT2D eigenvalue weighted by molar-refractivity contribution is -0.139. The molecule has 0 spiro atoms. The van der Waals surface area contributed by atoms with Gasteiger partial charge in [0, 0.05) is 19.1 Å². The van der Waals surface area contributed by atoms with Gasteiger partial charge in [-0.05, 0) is 27.3 Å². The molecule has 0 fully saturated rings. The number of likely N-dealkylation sites (N-methyl/N-ethyl adjacent to an activating group) is 2. The lowest BCUT2D eigenvalue weighted by Gasteiger charge is -2.29. The Morgan fingerprint density at radius 1 is 1.21 bits per heavy atom. The summed E-state index contributed by atoms with van der Waals surface area (Å²) in [5, 5.41) is 8.80. The van der Waals surface area contributed by atoms with Crippen molar-refractivity contribution in [3.05, 3.63) is 12.2 Å². The molecule has 110 valence electrons. The predicted molar refractivity (Wildman–Crippen MR) is 76.0 cm³/mol. The molecule has 0 aromatic heterocycles. The van der Waals surface area contributed by atoms with Crippen LogP contribution in [-0.2, 0) is 9.59 Å². The summed E-state index contributed by atoms with van der Waals surface area (Å²) in [5.41, 5.74) is 0.942. The number of carbonyl (C=O) groups is 2. The van der Waals surface area contributed by atoms with Crippen LogP contribution in [0.15, 0.2) is 12.2 Å². The fourth-order valence-corrected chi connectivity index (χ4v) is 1.94. The van der Waals surface area contributed by atoms with Gasteiger partial charge in [-0.25, -0.2) is 0 Å². The number of hydrogen-bond acceptors (Lipinski definition) is 3. The van der Waals surface area contributed by atoms with Gasteiger partial charge in [-0.2, -0.15) is 0 Å². The molecule has 0 saturated heterocycles. The zero-order valence-electron chi connectivity index (χ0n) is 12.5. The van der Waals surface area contributed by atoms with Crippen LogP contribution in [0.25, 0.3) is 0 Å². The molecule has 1 N–H and O–H groups in total. The van der Waals surface area contributed by atoms with E-state index in [9.17, 15) is 9.59 Å². The number of carboxylic acids is 1. The minimum Gasteiger partial charge on any atom is -0.481 e. The van der Waals surface area contributed by atoms with E-state index in [4.69, 9.17) is 5.11 Å². The number of hydrogen-bond donors (Lipinski definition) is 1. The van der Waals surface area contributed by atoms with Crippen LogP contribution in [0.5, 0.6) is 0 Å². The minimum atomic E-state index is -0.840. The standard InChI is InChI=1S/C14H26N2O3/c1-6-15(12(5)8-14(18)19)10-13(17)16(7-2)9-11(3)4/h12H,3,6-10H2,1-2,4-5H3,(H,18,19). The molecule has 1 unspecified atom stereocenters. The summed E-state index contributed by atoms with van der Waals surface area (Å²) >= 11 is 0. The molecule has 19 heavy (non-hydrogen) atoms. The molecule has 0 aromatic rings. The van der Waals surface area contributed by atoms with Gasteiger partial charge in [0.1, 0.15) is 0 Å². The van der Waals surface area contributed by atoms with Crippen molar-refractivity contribution in [1.82, 2.24) is 9.80 Å². The van der Waals surface area contributed by atoms with Gasteiger partial charge < -0.3 is 10.0 Å². The summed E-state index contributed by atoms with van der Waals surface area (Å²) in [6, 6.07) is -0.144. The van der Waals surface area contributed by atoms with E-state index in [1.807, 2.05) is 32.6 Å². The van der Waals surface area contributed by atoms with Gasteiger partial charge in [0.25, 0.3) is 0 Å². The first kappa shape index (κ1) is 17.6. The topological polar surface area (TPSA) is 60.9 Å². The molecule has 5 heteroatoms. The lowest BCUT2D eigenvalue weighted by atomic mass is 10.2. The van der Waals surface area contributed by atoms with Gasteiger partial charge in [0.2, 0.25) is 5.91 Å². The third-order valence-electron chi connectivity index (χ3n) is 3.03. The van der Waals surface area contributed by atoms with Crippen molar-refractivity contribution in [2.24, 2.45) is 0 Å². The summed E-state index contributed by atoms with van der Waals surface area (Å²) < 4.78 is 0. The van der Waals surface area contributed by atoms with Gasteiger partial charge >= 0.3 is 5.97 Å². The van der Waals surface area contributed by atoms with Crippen molar-refractivity contribution in [3.8, 4) is 0 Å².